The smallest absolute Gasteiger partial charge is 0.191 e. The van der Waals surface area contributed by atoms with Gasteiger partial charge in [-0.05, 0) is 29.8 Å². The molecule has 0 saturated carbocycles. The van der Waals surface area contributed by atoms with E-state index in [-0.39, 0.29) is 5.78 Å². The van der Waals surface area contributed by atoms with Gasteiger partial charge in [0, 0.05) is 35.1 Å². The molecule has 0 fully saturated rings. The summed E-state index contributed by atoms with van der Waals surface area (Å²) in [6.45, 7) is 0. The van der Waals surface area contributed by atoms with Crippen LogP contribution >= 0.6 is 0 Å². The van der Waals surface area contributed by atoms with E-state index in [1.54, 1.807) is 0 Å². The van der Waals surface area contributed by atoms with Crippen LogP contribution in [-0.2, 0) is 6.42 Å². The normalized spacial score (nSPS) is 14.7. The number of Topliss-reactive ketones (excluding diaryl/α,β-unsaturated/α-hetero) is 1. The highest BCUT2D eigenvalue weighted by Crippen LogP contribution is 2.31. The van der Waals surface area contributed by atoms with Crippen LogP contribution in [0.4, 0.5) is 11.4 Å². The van der Waals surface area contributed by atoms with Gasteiger partial charge in [-0.15, -0.1) is 0 Å². The molecule has 1 aliphatic carbocycles. The predicted molar refractivity (Wildman–Crippen MR) is 97.6 cm³/mol. The third-order valence-electron chi connectivity index (χ3n) is 4.29. The Labute approximate surface area is 141 Å². The Balaban J connectivity index is 1.78. The molecule has 0 aliphatic heterocycles. The number of allylic oxidation sites excluding steroid dienone is 1. The summed E-state index contributed by atoms with van der Waals surface area (Å²) in [5.41, 5.74) is 4.84. The Morgan fingerprint density at radius 2 is 1.25 bits per heavy atom. The number of anilines is 2. The van der Waals surface area contributed by atoms with E-state index in [1.165, 1.54) is 0 Å². The molecule has 3 aromatic rings. The molecule has 2 nitrogen and oxygen atoms in total. The molecule has 116 valence electrons. The van der Waals surface area contributed by atoms with Crippen molar-refractivity contribution in [1.82, 2.24) is 0 Å². The lowest BCUT2D eigenvalue weighted by Gasteiger charge is -2.21. The van der Waals surface area contributed by atoms with Crippen LogP contribution in [0.1, 0.15) is 15.9 Å². The highest BCUT2D eigenvalue weighted by Gasteiger charge is 2.25. The minimum atomic E-state index is 0.127. The van der Waals surface area contributed by atoms with Crippen LogP contribution in [0.3, 0.4) is 0 Å². The number of carbonyl (C=O) groups excluding carboxylic acids is 1. The summed E-state index contributed by atoms with van der Waals surface area (Å²) in [5.74, 6) is 0.127. The third-order valence-corrected chi connectivity index (χ3v) is 4.29. The minimum absolute atomic E-state index is 0.127. The van der Waals surface area contributed by atoms with Gasteiger partial charge in [-0.25, -0.2) is 0 Å². The number of hydrogen-bond acceptors (Lipinski definition) is 2. The molecule has 4 rings (SSSR count). The van der Waals surface area contributed by atoms with Crippen LogP contribution < -0.4 is 4.90 Å². The second-order valence-corrected chi connectivity index (χ2v) is 5.86. The molecular formula is C22H17NO. The summed E-state index contributed by atoms with van der Waals surface area (Å²) < 4.78 is 0. The minimum Gasteiger partial charge on any atom is -0.317 e. The highest BCUT2D eigenvalue weighted by atomic mass is 16.1. The molecular weight excluding hydrogens is 294 g/mol. The standard InChI is InChI=1S/C22H17NO/c24-22-18(15-17-9-7-8-14-21(17)22)16-23(19-10-3-1-4-11-19)20-12-5-2-6-13-20/h1-14,16H,15H2. The summed E-state index contributed by atoms with van der Waals surface area (Å²) in [6, 6.07) is 28.1. The second kappa shape index (κ2) is 6.17. The molecule has 2 heteroatoms. The third kappa shape index (κ3) is 2.63. The van der Waals surface area contributed by atoms with E-state index >= 15 is 0 Å². The van der Waals surface area contributed by atoms with Crippen molar-refractivity contribution in [3.05, 3.63) is 108 Å². The van der Waals surface area contributed by atoms with Crippen molar-refractivity contribution in [1.29, 1.82) is 0 Å². The summed E-state index contributed by atoms with van der Waals surface area (Å²) in [7, 11) is 0. The van der Waals surface area contributed by atoms with Crippen LogP contribution in [0.25, 0.3) is 0 Å². The Kier molecular flexibility index (Phi) is 3.72. The zero-order chi connectivity index (χ0) is 16.4. The molecule has 1 aliphatic rings. The number of carbonyl (C=O) groups is 1. The monoisotopic (exact) mass is 311 g/mol. The van der Waals surface area contributed by atoms with Crippen LogP contribution in [-0.4, -0.2) is 5.78 Å². The van der Waals surface area contributed by atoms with E-state index in [4.69, 9.17) is 0 Å². The van der Waals surface area contributed by atoms with E-state index in [2.05, 4.69) is 29.2 Å². The Morgan fingerprint density at radius 3 is 1.83 bits per heavy atom. The van der Waals surface area contributed by atoms with Gasteiger partial charge in [0.2, 0.25) is 0 Å². The topological polar surface area (TPSA) is 20.3 Å². The molecule has 0 N–H and O–H groups in total. The number of fused-ring (bicyclic) bond motifs is 1. The summed E-state index contributed by atoms with van der Waals surface area (Å²) in [5, 5.41) is 0. The number of rotatable bonds is 3. The van der Waals surface area contributed by atoms with Crippen molar-refractivity contribution < 1.29 is 4.79 Å². The lowest BCUT2D eigenvalue weighted by molar-refractivity contribution is 0.103. The SMILES string of the molecule is O=C1C(=CN(c2ccccc2)c2ccccc2)Cc2ccccc21. The summed E-state index contributed by atoms with van der Waals surface area (Å²) in [4.78, 5) is 14.8. The summed E-state index contributed by atoms with van der Waals surface area (Å²) >= 11 is 0. The Morgan fingerprint density at radius 1 is 0.708 bits per heavy atom. The van der Waals surface area contributed by atoms with Gasteiger partial charge in [0.1, 0.15) is 0 Å². The first kappa shape index (κ1) is 14.5. The fourth-order valence-electron chi connectivity index (χ4n) is 3.09. The molecule has 3 aromatic carbocycles. The van der Waals surface area contributed by atoms with Gasteiger partial charge in [0.15, 0.2) is 5.78 Å². The molecule has 0 heterocycles. The van der Waals surface area contributed by atoms with Crippen molar-refractivity contribution >= 4 is 17.2 Å². The van der Waals surface area contributed by atoms with Crippen LogP contribution in [0.5, 0.6) is 0 Å². The number of nitrogens with zero attached hydrogens (tertiary/aromatic N) is 1. The zero-order valence-corrected chi connectivity index (χ0v) is 13.2. The van der Waals surface area contributed by atoms with E-state index in [0.717, 1.165) is 28.1 Å². The fourth-order valence-corrected chi connectivity index (χ4v) is 3.09. The van der Waals surface area contributed by atoms with Gasteiger partial charge < -0.3 is 4.90 Å². The first-order valence-electron chi connectivity index (χ1n) is 8.05. The maximum absolute atomic E-state index is 12.7. The maximum atomic E-state index is 12.7. The maximum Gasteiger partial charge on any atom is 0.191 e. The zero-order valence-electron chi connectivity index (χ0n) is 13.2. The van der Waals surface area contributed by atoms with Crippen molar-refractivity contribution in [3.8, 4) is 0 Å². The van der Waals surface area contributed by atoms with Gasteiger partial charge in [0.25, 0.3) is 0 Å². The Bertz CT molecular complexity index is 858. The van der Waals surface area contributed by atoms with E-state index in [1.807, 2.05) is 66.9 Å². The van der Waals surface area contributed by atoms with Gasteiger partial charge in [-0.1, -0.05) is 60.7 Å². The second-order valence-electron chi connectivity index (χ2n) is 5.86. The van der Waals surface area contributed by atoms with E-state index in [0.29, 0.717) is 6.42 Å². The molecule has 0 amide bonds. The van der Waals surface area contributed by atoms with Gasteiger partial charge in [-0.2, -0.15) is 0 Å². The number of hydrogen-bond donors (Lipinski definition) is 0. The molecule has 0 unspecified atom stereocenters. The molecule has 0 saturated heterocycles. The first-order chi connectivity index (χ1) is 11.8. The lowest BCUT2D eigenvalue weighted by Crippen LogP contribution is -2.11. The van der Waals surface area contributed by atoms with Gasteiger partial charge in [-0.3, -0.25) is 4.79 Å². The fraction of sp³-hybridized carbons (Fsp3) is 0.0455. The quantitative estimate of drug-likeness (QED) is 0.624. The van der Waals surface area contributed by atoms with Crippen LogP contribution in [0.2, 0.25) is 0 Å². The van der Waals surface area contributed by atoms with Gasteiger partial charge in [0.05, 0.1) is 0 Å². The van der Waals surface area contributed by atoms with Crippen molar-refractivity contribution in [2.45, 2.75) is 6.42 Å². The van der Waals surface area contributed by atoms with Gasteiger partial charge >= 0.3 is 0 Å². The van der Waals surface area contributed by atoms with Crippen LogP contribution in [0.15, 0.2) is 96.7 Å². The molecule has 0 radical (unpaired) electrons. The van der Waals surface area contributed by atoms with E-state index < -0.39 is 0 Å². The number of benzene rings is 3. The van der Waals surface area contributed by atoms with Crippen molar-refractivity contribution in [3.63, 3.8) is 0 Å². The molecule has 0 bridgehead atoms. The van der Waals surface area contributed by atoms with E-state index in [9.17, 15) is 4.79 Å². The first-order valence-corrected chi connectivity index (χ1v) is 8.05. The van der Waals surface area contributed by atoms with Crippen molar-refractivity contribution in [2.24, 2.45) is 0 Å². The van der Waals surface area contributed by atoms with Crippen LogP contribution in [0, 0.1) is 0 Å². The predicted octanol–water partition coefficient (Wildman–Crippen LogP) is 5.15. The average molecular weight is 311 g/mol. The molecule has 0 aromatic heterocycles. The average Bonchev–Trinajstić information content (AvgIpc) is 2.97. The molecule has 0 spiro atoms. The largest absolute Gasteiger partial charge is 0.317 e. The highest BCUT2D eigenvalue weighted by molar-refractivity contribution is 6.13. The molecule has 24 heavy (non-hydrogen) atoms. The number of para-hydroxylation sites is 2. The lowest BCUT2D eigenvalue weighted by atomic mass is 10.1. The number of ketones is 1. The Hall–Kier alpha value is -3.13. The summed E-state index contributed by atoms with van der Waals surface area (Å²) in [6.07, 6.45) is 2.66. The molecule has 0 atom stereocenters. The van der Waals surface area contributed by atoms with Crippen molar-refractivity contribution in [2.75, 3.05) is 4.90 Å².